The number of hydrogen-bond acceptors (Lipinski definition) is 2. The molecule has 2 aromatic rings. The van der Waals surface area contributed by atoms with E-state index in [9.17, 15) is 14.0 Å². The van der Waals surface area contributed by atoms with Crippen molar-refractivity contribution in [3.05, 3.63) is 65.5 Å². The third kappa shape index (κ3) is 4.48. The lowest BCUT2D eigenvalue weighted by Crippen LogP contribution is -2.32. The Hall–Kier alpha value is -2.69. The molecule has 3 rings (SSSR count). The fourth-order valence-corrected chi connectivity index (χ4v) is 3.23. The second-order valence-corrected chi connectivity index (χ2v) is 6.57. The van der Waals surface area contributed by atoms with Gasteiger partial charge in [0.15, 0.2) is 0 Å². The summed E-state index contributed by atoms with van der Waals surface area (Å²) in [5, 5.41) is 2.77. The lowest BCUT2D eigenvalue weighted by atomic mass is 10.1. The van der Waals surface area contributed by atoms with Crippen LogP contribution in [0.25, 0.3) is 0 Å². The van der Waals surface area contributed by atoms with Crippen LogP contribution in [0.2, 0.25) is 0 Å². The van der Waals surface area contributed by atoms with Gasteiger partial charge in [-0.3, -0.25) is 9.59 Å². The highest BCUT2D eigenvalue weighted by molar-refractivity contribution is 6.04. The van der Waals surface area contributed by atoms with E-state index in [0.29, 0.717) is 16.8 Å². The molecular weight excluding hydrogens is 331 g/mol. The van der Waals surface area contributed by atoms with Crippen molar-refractivity contribution in [2.45, 2.75) is 32.1 Å². The lowest BCUT2D eigenvalue weighted by Gasteiger charge is -2.22. The van der Waals surface area contributed by atoms with Gasteiger partial charge in [-0.15, -0.1) is 0 Å². The van der Waals surface area contributed by atoms with Gasteiger partial charge < -0.3 is 10.2 Å². The number of hydrogen-bond donors (Lipinski definition) is 1. The average molecular weight is 354 g/mol. The molecule has 5 heteroatoms. The van der Waals surface area contributed by atoms with E-state index in [2.05, 4.69) is 5.32 Å². The highest BCUT2D eigenvalue weighted by Crippen LogP contribution is 2.20. The standard InChI is InChI=1S/C21H23FN2O2/c22-18-11-5-3-9-16(18)15-20(25)23-19-12-6-4-10-17(19)21(26)24-13-7-1-2-8-14-24/h3-6,9-12H,1-2,7-8,13-15H2,(H,23,25). The number of para-hydroxylation sites is 1. The van der Waals surface area contributed by atoms with Gasteiger partial charge in [-0.25, -0.2) is 4.39 Å². The molecule has 1 N–H and O–H groups in total. The molecule has 0 spiro atoms. The number of likely N-dealkylation sites (tertiary alicyclic amines) is 1. The molecule has 0 bridgehead atoms. The van der Waals surface area contributed by atoms with Crippen molar-refractivity contribution in [2.24, 2.45) is 0 Å². The van der Waals surface area contributed by atoms with Crippen molar-refractivity contribution < 1.29 is 14.0 Å². The van der Waals surface area contributed by atoms with Gasteiger partial charge in [0.2, 0.25) is 5.91 Å². The number of halogens is 1. The second kappa shape index (κ2) is 8.61. The summed E-state index contributed by atoms with van der Waals surface area (Å²) in [7, 11) is 0. The maximum atomic E-state index is 13.7. The van der Waals surface area contributed by atoms with E-state index in [-0.39, 0.29) is 18.2 Å². The zero-order valence-corrected chi connectivity index (χ0v) is 14.7. The van der Waals surface area contributed by atoms with Crippen LogP contribution in [0.1, 0.15) is 41.6 Å². The molecule has 1 heterocycles. The zero-order chi connectivity index (χ0) is 18.4. The third-order valence-corrected chi connectivity index (χ3v) is 4.63. The summed E-state index contributed by atoms with van der Waals surface area (Å²) in [6.45, 7) is 1.49. The molecule has 0 unspecified atom stereocenters. The van der Waals surface area contributed by atoms with Crippen molar-refractivity contribution in [2.75, 3.05) is 18.4 Å². The molecule has 1 aliphatic rings. The molecule has 2 aromatic carbocycles. The smallest absolute Gasteiger partial charge is 0.255 e. The molecule has 2 amide bonds. The molecule has 1 aliphatic heterocycles. The molecule has 0 aromatic heterocycles. The van der Waals surface area contributed by atoms with E-state index < -0.39 is 5.82 Å². The quantitative estimate of drug-likeness (QED) is 0.901. The summed E-state index contributed by atoms with van der Waals surface area (Å²) in [6, 6.07) is 13.2. The largest absolute Gasteiger partial charge is 0.339 e. The van der Waals surface area contributed by atoms with Crippen molar-refractivity contribution in [3.63, 3.8) is 0 Å². The SMILES string of the molecule is O=C(Cc1ccccc1F)Nc1ccccc1C(=O)N1CCCCCC1. The average Bonchev–Trinajstić information content (AvgIpc) is 2.93. The van der Waals surface area contributed by atoms with Gasteiger partial charge in [0.1, 0.15) is 5.82 Å². The van der Waals surface area contributed by atoms with Gasteiger partial charge >= 0.3 is 0 Å². The van der Waals surface area contributed by atoms with Crippen LogP contribution in [0.4, 0.5) is 10.1 Å². The molecule has 1 saturated heterocycles. The van der Waals surface area contributed by atoms with Gasteiger partial charge in [0, 0.05) is 13.1 Å². The van der Waals surface area contributed by atoms with Gasteiger partial charge in [-0.2, -0.15) is 0 Å². The molecule has 136 valence electrons. The van der Waals surface area contributed by atoms with Crippen LogP contribution in [0.15, 0.2) is 48.5 Å². The Labute approximate surface area is 153 Å². The normalized spacial score (nSPS) is 14.6. The summed E-state index contributed by atoms with van der Waals surface area (Å²) < 4.78 is 13.7. The fourth-order valence-electron chi connectivity index (χ4n) is 3.23. The van der Waals surface area contributed by atoms with Gasteiger partial charge in [-0.1, -0.05) is 43.2 Å². The summed E-state index contributed by atoms with van der Waals surface area (Å²) in [4.78, 5) is 27.1. The molecular formula is C21H23FN2O2. The predicted molar refractivity (Wildman–Crippen MR) is 99.5 cm³/mol. The number of rotatable bonds is 4. The highest BCUT2D eigenvalue weighted by atomic mass is 19.1. The Balaban J connectivity index is 1.73. The molecule has 1 fully saturated rings. The predicted octanol–water partition coefficient (Wildman–Crippen LogP) is 4.02. The minimum Gasteiger partial charge on any atom is -0.339 e. The summed E-state index contributed by atoms with van der Waals surface area (Å²) in [5.41, 5.74) is 1.29. The second-order valence-electron chi connectivity index (χ2n) is 6.57. The Morgan fingerprint density at radius 3 is 2.31 bits per heavy atom. The fraction of sp³-hybridized carbons (Fsp3) is 0.333. The maximum absolute atomic E-state index is 13.7. The van der Waals surface area contributed by atoms with Gasteiger partial charge in [0.25, 0.3) is 5.91 Å². The van der Waals surface area contributed by atoms with Crippen LogP contribution in [0.5, 0.6) is 0 Å². The number of nitrogens with zero attached hydrogens (tertiary/aromatic N) is 1. The van der Waals surface area contributed by atoms with Gasteiger partial charge in [0.05, 0.1) is 17.7 Å². The molecule has 26 heavy (non-hydrogen) atoms. The minimum atomic E-state index is -0.406. The zero-order valence-electron chi connectivity index (χ0n) is 14.7. The van der Waals surface area contributed by atoms with Crippen LogP contribution in [0.3, 0.4) is 0 Å². The lowest BCUT2D eigenvalue weighted by molar-refractivity contribution is -0.115. The number of anilines is 1. The Morgan fingerprint density at radius 1 is 0.923 bits per heavy atom. The van der Waals surface area contributed by atoms with E-state index in [4.69, 9.17) is 0 Å². The Bertz CT molecular complexity index is 783. The molecule has 0 aliphatic carbocycles. The van der Waals surface area contributed by atoms with Crippen molar-refractivity contribution in [1.29, 1.82) is 0 Å². The topological polar surface area (TPSA) is 49.4 Å². The number of nitrogens with one attached hydrogen (secondary N) is 1. The van der Waals surface area contributed by atoms with Crippen molar-refractivity contribution in [3.8, 4) is 0 Å². The van der Waals surface area contributed by atoms with Crippen LogP contribution in [-0.4, -0.2) is 29.8 Å². The van der Waals surface area contributed by atoms with Crippen LogP contribution < -0.4 is 5.32 Å². The van der Waals surface area contributed by atoms with E-state index in [1.807, 2.05) is 4.90 Å². The first-order valence-electron chi connectivity index (χ1n) is 9.07. The summed E-state index contributed by atoms with van der Waals surface area (Å²) >= 11 is 0. The number of carbonyl (C=O) groups is 2. The highest BCUT2D eigenvalue weighted by Gasteiger charge is 2.20. The third-order valence-electron chi connectivity index (χ3n) is 4.63. The van der Waals surface area contributed by atoms with E-state index in [1.165, 1.54) is 6.07 Å². The molecule has 0 atom stereocenters. The number of amides is 2. The monoisotopic (exact) mass is 354 g/mol. The maximum Gasteiger partial charge on any atom is 0.255 e. The molecule has 0 saturated carbocycles. The van der Waals surface area contributed by atoms with Crippen LogP contribution in [0, 0.1) is 5.82 Å². The molecule has 0 radical (unpaired) electrons. The Morgan fingerprint density at radius 2 is 1.58 bits per heavy atom. The number of carbonyl (C=O) groups excluding carboxylic acids is 2. The summed E-state index contributed by atoms with van der Waals surface area (Å²) in [6.07, 6.45) is 4.23. The van der Waals surface area contributed by atoms with E-state index in [0.717, 1.165) is 38.8 Å². The van der Waals surface area contributed by atoms with E-state index >= 15 is 0 Å². The van der Waals surface area contributed by atoms with Crippen LogP contribution >= 0.6 is 0 Å². The first-order chi connectivity index (χ1) is 12.6. The van der Waals surface area contributed by atoms with Gasteiger partial charge in [-0.05, 0) is 36.6 Å². The van der Waals surface area contributed by atoms with Crippen molar-refractivity contribution >= 4 is 17.5 Å². The minimum absolute atomic E-state index is 0.0614. The Kier molecular flexibility index (Phi) is 6.00. The van der Waals surface area contributed by atoms with Crippen molar-refractivity contribution in [1.82, 2.24) is 4.90 Å². The molecule has 4 nitrogen and oxygen atoms in total. The number of benzene rings is 2. The first-order valence-corrected chi connectivity index (χ1v) is 9.07. The van der Waals surface area contributed by atoms with E-state index in [1.54, 1.807) is 42.5 Å². The first kappa shape index (κ1) is 18.1. The summed E-state index contributed by atoms with van der Waals surface area (Å²) in [5.74, 6) is -0.809. The van der Waals surface area contributed by atoms with Crippen LogP contribution in [-0.2, 0) is 11.2 Å².